The van der Waals surface area contributed by atoms with E-state index in [1.165, 1.54) is 23.0 Å². The minimum Gasteiger partial charge on any atom is -0.391 e. The predicted molar refractivity (Wildman–Crippen MR) is 86.1 cm³/mol. The highest BCUT2D eigenvalue weighted by Gasteiger charge is 2.43. The summed E-state index contributed by atoms with van der Waals surface area (Å²) in [6.07, 6.45) is 1.69. The minimum atomic E-state index is -0.508. The van der Waals surface area contributed by atoms with Crippen LogP contribution in [0.4, 0.5) is 0 Å². The van der Waals surface area contributed by atoms with Crippen LogP contribution in [0.3, 0.4) is 0 Å². The maximum Gasteiger partial charge on any atom is 0.244 e. The Labute approximate surface area is 141 Å². The number of hydrogen-bond donors (Lipinski definition) is 2. The molecule has 9 heteroatoms. The first-order chi connectivity index (χ1) is 10.5. The largest absolute Gasteiger partial charge is 0.391 e. The standard InChI is InChI=1S/C13H15Cl2N3O3S/c14-9-10-11(22-12(9)15)13(21)18(5-17-10)4-6(19)3-7-8(20)1-2-16-7/h5,7-8,10-11,16,20H,1-4H2/t7-,8+,10?,11?/m1/s1. The van der Waals surface area contributed by atoms with E-state index >= 15 is 0 Å². The van der Waals surface area contributed by atoms with Crippen LogP contribution < -0.4 is 5.32 Å². The number of aliphatic imine (C=N–C) groups is 1. The Morgan fingerprint density at radius 1 is 1.55 bits per heavy atom. The van der Waals surface area contributed by atoms with Gasteiger partial charge in [0.05, 0.1) is 28.4 Å². The van der Waals surface area contributed by atoms with Crippen molar-refractivity contribution in [1.82, 2.24) is 10.2 Å². The number of aliphatic hydroxyl groups is 1. The summed E-state index contributed by atoms with van der Waals surface area (Å²) < 4.78 is 0.383. The fourth-order valence-electron chi connectivity index (χ4n) is 2.76. The molecular weight excluding hydrogens is 349 g/mol. The summed E-state index contributed by atoms with van der Waals surface area (Å²) in [7, 11) is 0. The Balaban J connectivity index is 1.60. The average molecular weight is 364 g/mol. The zero-order chi connectivity index (χ0) is 15.9. The molecule has 22 heavy (non-hydrogen) atoms. The van der Waals surface area contributed by atoms with Gasteiger partial charge in [-0.05, 0) is 13.0 Å². The van der Waals surface area contributed by atoms with Gasteiger partial charge in [0, 0.05) is 12.5 Å². The number of fused-ring (bicyclic) bond motifs is 1. The second-order valence-corrected chi connectivity index (χ2v) is 7.66. The van der Waals surface area contributed by atoms with E-state index in [0.717, 1.165) is 0 Å². The third kappa shape index (κ3) is 3.05. The van der Waals surface area contributed by atoms with Crippen molar-refractivity contribution in [3.63, 3.8) is 0 Å². The monoisotopic (exact) mass is 363 g/mol. The molecule has 0 aromatic heterocycles. The highest BCUT2D eigenvalue weighted by molar-refractivity contribution is 8.06. The summed E-state index contributed by atoms with van der Waals surface area (Å²) in [6, 6.07) is -0.681. The molecule has 4 atom stereocenters. The van der Waals surface area contributed by atoms with Gasteiger partial charge in [-0.1, -0.05) is 35.0 Å². The van der Waals surface area contributed by atoms with Crippen LogP contribution >= 0.6 is 35.0 Å². The first kappa shape index (κ1) is 16.3. The summed E-state index contributed by atoms with van der Waals surface area (Å²) in [6.45, 7) is 0.651. The Morgan fingerprint density at radius 3 is 3.00 bits per heavy atom. The third-order valence-corrected chi connectivity index (χ3v) is 6.20. The fourth-order valence-corrected chi connectivity index (χ4v) is 4.58. The highest BCUT2D eigenvalue weighted by atomic mass is 35.5. The molecule has 1 amide bonds. The molecule has 1 fully saturated rings. The van der Waals surface area contributed by atoms with Crippen LogP contribution in [0.15, 0.2) is 14.4 Å². The average Bonchev–Trinajstić information content (AvgIpc) is 2.99. The molecule has 3 aliphatic heterocycles. The van der Waals surface area contributed by atoms with Gasteiger partial charge in [-0.2, -0.15) is 0 Å². The third-order valence-electron chi connectivity index (χ3n) is 3.96. The molecule has 1 saturated heterocycles. The molecule has 3 aliphatic rings. The minimum absolute atomic E-state index is 0.0494. The zero-order valence-electron chi connectivity index (χ0n) is 11.5. The van der Waals surface area contributed by atoms with E-state index in [2.05, 4.69) is 10.3 Å². The molecule has 2 N–H and O–H groups in total. The second kappa shape index (κ2) is 6.49. The Bertz CT molecular complexity index is 569. The highest BCUT2D eigenvalue weighted by Crippen LogP contribution is 2.45. The van der Waals surface area contributed by atoms with Gasteiger partial charge in [-0.3, -0.25) is 19.5 Å². The SMILES string of the molecule is O=C(C[C@H]1NCC[C@@H]1O)CN1C=NC2C(Cl)=C(Cl)SC2C1=O. The normalized spacial score (nSPS) is 34.5. The number of aliphatic hydroxyl groups excluding tert-OH is 1. The number of hydrogen-bond acceptors (Lipinski definition) is 6. The topological polar surface area (TPSA) is 82.0 Å². The lowest BCUT2D eigenvalue weighted by atomic mass is 10.1. The summed E-state index contributed by atoms with van der Waals surface area (Å²) in [5, 5.41) is 12.7. The van der Waals surface area contributed by atoms with Crippen LogP contribution in [-0.2, 0) is 9.59 Å². The van der Waals surface area contributed by atoms with Crippen molar-refractivity contribution in [2.45, 2.75) is 36.3 Å². The smallest absolute Gasteiger partial charge is 0.244 e. The van der Waals surface area contributed by atoms with E-state index in [0.29, 0.717) is 22.4 Å². The summed E-state index contributed by atoms with van der Waals surface area (Å²) in [5.41, 5.74) is 0. The number of rotatable bonds is 4. The number of amides is 1. The lowest BCUT2D eigenvalue weighted by Gasteiger charge is -2.28. The predicted octanol–water partition coefficient (Wildman–Crippen LogP) is 0.670. The van der Waals surface area contributed by atoms with Crippen LogP contribution in [0.1, 0.15) is 12.8 Å². The number of thioether (sulfide) groups is 1. The molecule has 0 spiro atoms. The van der Waals surface area contributed by atoms with Crippen LogP contribution in [0.2, 0.25) is 0 Å². The summed E-state index contributed by atoms with van der Waals surface area (Å²) in [4.78, 5) is 30.0. The molecular formula is C13H15Cl2N3O3S. The second-order valence-electron chi connectivity index (χ2n) is 5.50. The first-order valence-electron chi connectivity index (χ1n) is 6.96. The van der Waals surface area contributed by atoms with Crippen molar-refractivity contribution in [3.05, 3.63) is 9.40 Å². The number of nitrogens with one attached hydrogen (secondary N) is 1. The van der Waals surface area contributed by atoms with E-state index in [1.54, 1.807) is 0 Å². The first-order valence-corrected chi connectivity index (χ1v) is 8.59. The molecule has 6 nitrogen and oxygen atoms in total. The van der Waals surface area contributed by atoms with Crippen molar-refractivity contribution in [2.24, 2.45) is 4.99 Å². The van der Waals surface area contributed by atoms with Gasteiger partial charge >= 0.3 is 0 Å². The molecule has 2 unspecified atom stereocenters. The molecule has 0 saturated carbocycles. The lowest BCUT2D eigenvalue weighted by Crippen LogP contribution is -2.47. The van der Waals surface area contributed by atoms with Gasteiger partial charge < -0.3 is 10.4 Å². The maximum atomic E-state index is 12.4. The summed E-state index contributed by atoms with van der Waals surface area (Å²) in [5.74, 6) is -0.336. The van der Waals surface area contributed by atoms with Crippen molar-refractivity contribution < 1.29 is 14.7 Å². The molecule has 0 aromatic carbocycles. The van der Waals surface area contributed by atoms with Crippen LogP contribution in [0, 0.1) is 0 Å². The number of halogens is 2. The van der Waals surface area contributed by atoms with Crippen LogP contribution in [0.25, 0.3) is 0 Å². The van der Waals surface area contributed by atoms with Crippen molar-refractivity contribution in [2.75, 3.05) is 13.1 Å². The van der Waals surface area contributed by atoms with Crippen molar-refractivity contribution in [3.8, 4) is 0 Å². The number of ketones is 1. The Hall–Kier alpha value is -0.600. The van der Waals surface area contributed by atoms with Gasteiger partial charge in [-0.25, -0.2) is 0 Å². The quantitative estimate of drug-likeness (QED) is 0.766. The van der Waals surface area contributed by atoms with Gasteiger partial charge in [0.1, 0.15) is 11.3 Å². The number of carbonyl (C=O) groups excluding carboxylic acids is 2. The molecule has 0 aliphatic carbocycles. The van der Waals surface area contributed by atoms with Gasteiger partial charge in [0.25, 0.3) is 0 Å². The van der Waals surface area contributed by atoms with E-state index in [1.807, 2.05) is 0 Å². The van der Waals surface area contributed by atoms with E-state index in [-0.39, 0.29) is 30.7 Å². The molecule has 3 heterocycles. The van der Waals surface area contributed by atoms with Crippen LogP contribution in [-0.4, -0.2) is 64.6 Å². The molecule has 0 aromatic rings. The van der Waals surface area contributed by atoms with E-state index < -0.39 is 17.4 Å². The van der Waals surface area contributed by atoms with E-state index in [9.17, 15) is 14.7 Å². The number of Topliss-reactive ketones (excluding diaryl/α,β-unsaturated/α-hetero) is 1. The Morgan fingerprint density at radius 2 is 2.32 bits per heavy atom. The molecule has 0 radical (unpaired) electrons. The maximum absolute atomic E-state index is 12.4. The molecule has 120 valence electrons. The van der Waals surface area contributed by atoms with Crippen LogP contribution in [0.5, 0.6) is 0 Å². The zero-order valence-corrected chi connectivity index (χ0v) is 13.9. The lowest BCUT2D eigenvalue weighted by molar-refractivity contribution is -0.131. The van der Waals surface area contributed by atoms with Gasteiger partial charge in [0.15, 0.2) is 5.78 Å². The number of carbonyl (C=O) groups is 2. The molecule has 0 bridgehead atoms. The van der Waals surface area contributed by atoms with Crippen molar-refractivity contribution >= 4 is 53.0 Å². The van der Waals surface area contributed by atoms with Crippen molar-refractivity contribution in [1.29, 1.82) is 0 Å². The van der Waals surface area contributed by atoms with E-state index in [4.69, 9.17) is 23.2 Å². The fraction of sp³-hybridized carbons (Fsp3) is 0.615. The van der Waals surface area contributed by atoms with Gasteiger partial charge in [-0.15, -0.1) is 0 Å². The molecule has 3 rings (SSSR count). The summed E-state index contributed by atoms with van der Waals surface area (Å²) >= 11 is 13.1. The number of nitrogens with zero attached hydrogens (tertiary/aromatic N) is 2. The van der Waals surface area contributed by atoms with Gasteiger partial charge in [0.2, 0.25) is 5.91 Å². The Kier molecular flexibility index (Phi) is 4.80.